The van der Waals surface area contributed by atoms with E-state index in [4.69, 9.17) is 16.2 Å². The molecule has 0 aromatic carbocycles. The average Bonchev–Trinajstić information content (AvgIpc) is 2.53. The summed E-state index contributed by atoms with van der Waals surface area (Å²) < 4.78 is 5.32. The first-order chi connectivity index (χ1) is 6.02. The zero-order valence-electron chi connectivity index (χ0n) is 7.16. The minimum absolute atomic E-state index is 0.445. The lowest BCUT2D eigenvalue weighted by Crippen LogP contribution is -2.34. The highest BCUT2D eigenvalue weighted by Gasteiger charge is 2.36. The van der Waals surface area contributed by atoms with Crippen LogP contribution in [0.3, 0.4) is 0 Å². The maximum absolute atomic E-state index is 11.0. The van der Waals surface area contributed by atoms with Crippen molar-refractivity contribution < 1.29 is 9.53 Å². The van der Waals surface area contributed by atoms with Crippen LogP contribution in [0.15, 0.2) is 5.38 Å². The van der Waals surface area contributed by atoms with Gasteiger partial charge in [-0.3, -0.25) is 10.5 Å². The Kier molecular flexibility index (Phi) is 1.69. The summed E-state index contributed by atoms with van der Waals surface area (Å²) in [5.41, 5.74) is 11.4. The minimum Gasteiger partial charge on any atom is -0.366 e. The summed E-state index contributed by atoms with van der Waals surface area (Å²) in [7, 11) is 0. The van der Waals surface area contributed by atoms with Crippen LogP contribution in [0.25, 0.3) is 0 Å². The number of carbonyl (C=O) groups excluding carboxylic acids is 1. The molecular formula is C8H10N2O2S. The molecular weight excluding hydrogens is 188 g/mol. The lowest BCUT2D eigenvalue weighted by Gasteiger charge is -2.18. The van der Waals surface area contributed by atoms with Crippen molar-refractivity contribution in [2.45, 2.75) is 19.3 Å². The van der Waals surface area contributed by atoms with Gasteiger partial charge in [-0.05, 0) is 6.92 Å². The van der Waals surface area contributed by atoms with Crippen LogP contribution in [0.4, 0.5) is 0 Å². The molecule has 1 unspecified atom stereocenters. The maximum atomic E-state index is 11.0. The van der Waals surface area contributed by atoms with Crippen molar-refractivity contribution in [1.82, 2.24) is 0 Å². The van der Waals surface area contributed by atoms with Crippen LogP contribution in [-0.2, 0) is 17.1 Å². The number of rotatable bonds is 1. The fraction of sp³-hybridized carbons (Fsp3) is 0.375. The van der Waals surface area contributed by atoms with E-state index in [9.17, 15) is 4.79 Å². The molecule has 0 aliphatic carbocycles. The van der Waals surface area contributed by atoms with Crippen LogP contribution in [0.2, 0.25) is 0 Å². The molecule has 1 aromatic heterocycles. The number of thiophene rings is 1. The third-order valence-electron chi connectivity index (χ3n) is 2.13. The zero-order valence-corrected chi connectivity index (χ0v) is 7.98. The fourth-order valence-electron chi connectivity index (χ4n) is 1.52. The van der Waals surface area contributed by atoms with Crippen molar-refractivity contribution in [3.05, 3.63) is 21.4 Å². The van der Waals surface area contributed by atoms with Gasteiger partial charge in [-0.2, -0.15) is 0 Å². The lowest BCUT2D eigenvalue weighted by molar-refractivity contribution is -0.0182. The van der Waals surface area contributed by atoms with Crippen LogP contribution in [-0.4, -0.2) is 5.91 Å². The molecule has 0 bridgehead atoms. The Morgan fingerprint density at radius 1 is 1.77 bits per heavy atom. The second-order valence-electron chi connectivity index (χ2n) is 3.21. The highest BCUT2D eigenvalue weighted by molar-refractivity contribution is 7.10. The van der Waals surface area contributed by atoms with Gasteiger partial charge in [0.2, 0.25) is 5.91 Å². The summed E-state index contributed by atoms with van der Waals surface area (Å²) in [5.74, 6) is -0.445. The van der Waals surface area contributed by atoms with Gasteiger partial charge in [0.1, 0.15) is 5.72 Å². The second-order valence-corrected chi connectivity index (χ2v) is 4.17. The van der Waals surface area contributed by atoms with Gasteiger partial charge in [-0.25, -0.2) is 0 Å². The number of amides is 1. The zero-order chi connectivity index (χ0) is 9.64. The van der Waals surface area contributed by atoms with Crippen LogP contribution in [0, 0.1) is 0 Å². The molecule has 0 spiro atoms. The molecule has 5 heteroatoms. The first kappa shape index (κ1) is 8.68. The second kappa shape index (κ2) is 2.54. The fourth-order valence-corrected chi connectivity index (χ4v) is 2.57. The van der Waals surface area contributed by atoms with E-state index in [1.165, 1.54) is 11.3 Å². The molecule has 2 rings (SSSR count). The quantitative estimate of drug-likeness (QED) is 0.690. The predicted octanol–water partition coefficient (Wildman–Crippen LogP) is 0.509. The van der Waals surface area contributed by atoms with E-state index in [0.29, 0.717) is 12.2 Å². The smallest absolute Gasteiger partial charge is 0.250 e. The molecule has 0 fully saturated rings. The van der Waals surface area contributed by atoms with Gasteiger partial charge in [0, 0.05) is 15.8 Å². The highest BCUT2D eigenvalue weighted by Crippen LogP contribution is 2.38. The predicted molar refractivity (Wildman–Crippen MR) is 49.2 cm³/mol. The number of ether oxygens (including phenoxy) is 1. The molecule has 70 valence electrons. The standard InChI is InChI=1S/C8H10N2O2S/c1-8(10)6-4(7(9)11)3-13-5(6)2-12-8/h3H,2,10H2,1H3,(H2,9,11). The summed E-state index contributed by atoms with van der Waals surface area (Å²) in [4.78, 5) is 12.0. The molecule has 1 atom stereocenters. The van der Waals surface area contributed by atoms with E-state index in [2.05, 4.69) is 0 Å². The Labute approximate surface area is 79.5 Å². The molecule has 1 aliphatic rings. The molecule has 0 saturated heterocycles. The number of carbonyl (C=O) groups is 1. The summed E-state index contributed by atoms with van der Waals surface area (Å²) in [5, 5.41) is 1.74. The SMILES string of the molecule is CC1(N)OCc2scc(C(N)=O)c21. The van der Waals surface area contributed by atoms with Crippen LogP contribution < -0.4 is 11.5 Å². The summed E-state index contributed by atoms with van der Waals surface area (Å²) in [6.07, 6.45) is 0. The normalized spacial score (nSPS) is 26.0. The molecule has 0 radical (unpaired) electrons. The van der Waals surface area contributed by atoms with Crippen molar-refractivity contribution in [1.29, 1.82) is 0 Å². The Hall–Kier alpha value is -0.910. The Morgan fingerprint density at radius 2 is 2.46 bits per heavy atom. The van der Waals surface area contributed by atoms with E-state index in [0.717, 1.165) is 10.4 Å². The van der Waals surface area contributed by atoms with Crippen molar-refractivity contribution in [2.75, 3.05) is 0 Å². The summed E-state index contributed by atoms with van der Waals surface area (Å²) >= 11 is 1.46. The first-order valence-corrected chi connectivity index (χ1v) is 4.74. The Morgan fingerprint density at radius 3 is 3.08 bits per heavy atom. The number of nitrogens with two attached hydrogens (primary N) is 2. The van der Waals surface area contributed by atoms with E-state index in [1.807, 2.05) is 0 Å². The minimum atomic E-state index is -0.861. The van der Waals surface area contributed by atoms with E-state index < -0.39 is 11.6 Å². The lowest BCUT2D eigenvalue weighted by atomic mass is 10.0. The molecule has 2 heterocycles. The van der Waals surface area contributed by atoms with Gasteiger partial charge in [-0.1, -0.05) is 0 Å². The molecule has 4 N–H and O–H groups in total. The van der Waals surface area contributed by atoms with Gasteiger partial charge in [-0.15, -0.1) is 11.3 Å². The number of primary amides is 1. The van der Waals surface area contributed by atoms with E-state index in [1.54, 1.807) is 12.3 Å². The summed E-state index contributed by atoms with van der Waals surface area (Å²) in [6.45, 7) is 2.21. The number of hydrogen-bond donors (Lipinski definition) is 2. The van der Waals surface area contributed by atoms with Gasteiger partial charge in [0.15, 0.2) is 0 Å². The Balaban J connectivity index is 2.59. The van der Waals surface area contributed by atoms with Crippen LogP contribution >= 0.6 is 11.3 Å². The van der Waals surface area contributed by atoms with Crippen LogP contribution in [0.5, 0.6) is 0 Å². The van der Waals surface area contributed by atoms with E-state index >= 15 is 0 Å². The average molecular weight is 198 g/mol. The topological polar surface area (TPSA) is 78.3 Å². The van der Waals surface area contributed by atoms with Crippen molar-refractivity contribution >= 4 is 17.2 Å². The van der Waals surface area contributed by atoms with Crippen molar-refractivity contribution in [3.8, 4) is 0 Å². The molecule has 1 amide bonds. The Bertz CT molecular complexity index is 370. The van der Waals surface area contributed by atoms with Gasteiger partial charge in [0.05, 0.1) is 12.2 Å². The van der Waals surface area contributed by atoms with Crippen molar-refractivity contribution in [2.24, 2.45) is 11.5 Å². The van der Waals surface area contributed by atoms with E-state index in [-0.39, 0.29) is 0 Å². The first-order valence-electron chi connectivity index (χ1n) is 3.86. The maximum Gasteiger partial charge on any atom is 0.250 e. The molecule has 4 nitrogen and oxygen atoms in total. The molecule has 0 saturated carbocycles. The highest BCUT2D eigenvalue weighted by atomic mass is 32.1. The monoisotopic (exact) mass is 198 g/mol. The number of fused-ring (bicyclic) bond motifs is 1. The molecule has 13 heavy (non-hydrogen) atoms. The summed E-state index contributed by atoms with van der Waals surface area (Å²) in [6, 6.07) is 0. The third kappa shape index (κ3) is 1.16. The molecule has 1 aromatic rings. The van der Waals surface area contributed by atoms with Gasteiger partial charge >= 0.3 is 0 Å². The van der Waals surface area contributed by atoms with Gasteiger partial charge < -0.3 is 10.5 Å². The number of hydrogen-bond acceptors (Lipinski definition) is 4. The molecule has 1 aliphatic heterocycles. The van der Waals surface area contributed by atoms with Gasteiger partial charge in [0.25, 0.3) is 0 Å². The van der Waals surface area contributed by atoms with Crippen molar-refractivity contribution in [3.63, 3.8) is 0 Å². The third-order valence-corrected chi connectivity index (χ3v) is 3.09. The van der Waals surface area contributed by atoms with Crippen LogP contribution in [0.1, 0.15) is 27.7 Å². The largest absolute Gasteiger partial charge is 0.366 e.